The van der Waals surface area contributed by atoms with Crippen molar-refractivity contribution in [3.8, 4) is 5.69 Å². The molecule has 1 fully saturated rings. The van der Waals surface area contributed by atoms with Crippen molar-refractivity contribution < 1.29 is 9.90 Å². The summed E-state index contributed by atoms with van der Waals surface area (Å²) < 4.78 is 1.67. The number of nitrogens with zero attached hydrogens (tertiary/aromatic N) is 2. The summed E-state index contributed by atoms with van der Waals surface area (Å²) in [7, 11) is 0. The lowest BCUT2D eigenvalue weighted by Crippen LogP contribution is -2.32. The van der Waals surface area contributed by atoms with Crippen LogP contribution in [-0.2, 0) is 0 Å². The average molecular weight is 271 g/mol. The predicted octanol–water partition coefficient (Wildman–Crippen LogP) is 1.37. The molecule has 1 aromatic heterocycles. The summed E-state index contributed by atoms with van der Waals surface area (Å²) >= 11 is 0. The Bertz CT molecular complexity index is 603. The van der Waals surface area contributed by atoms with Gasteiger partial charge in [0.05, 0.1) is 17.9 Å². The Morgan fingerprint density at radius 3 is 2.80 bits per heavy atom. The van der Waals surface area contributed by atoms with Gasteiger partial charge in [0, 0.05) is 24.4 Å². The van der Waals surface area contributed by atoms with E-state index < -0.39 is 0 Å². The van der Waals surface area contributed by atoms with E-state index in [9.17, 15) is 9.90 Å². The van der Waals surface area contributed by atoms with E-state index in [1.165, 1.54) is 0 Å². The van der Waals surface area contributed by atoms with Crippen LogP contribution in [0.5, 0.6) is 0 Å². The van der Waals surface area contributed by atoms with Gasteiger partial charge < -0.3 is 10.4 Å². The maximum Gasteiger partial charge on any atom is 0.253 e. The molecule has 0 saturated heterocycles. The number of hydrogen-bond acceptors (Lipinski definition) is 3. The number of aliphatic hydroxyl groups excluding tert-OH is 1. The van der Waals surface area contributed by atoms with Gasteiger partial charge in [0.2, 0.25) is 0 Å². The molecular formula is C15H17N3O2. The summed E-state index contributed by atoms with van der Waals surface area (Å²) in [5, 5.41) is 16.4. The van der Waals surface area contributed by atoms with Crippen LogP contribution < -0.4 is 5.32 Å². The van der Waals surface area contributed by atoms with E-state index in [2.05, 4.69) is 10.4 Å². The molecule has 1 saturated carbocycles. The van der Waals surface area contributed by atoms with E-state index in [0.29, 0.717) is 12.1 Å². The lowest BCUT2D eigenvalue weighted by Gasteiger charge is -2.14. The second-order valence-corrected chi connectivity index (χ2v) is 5.31. The Morgan fingerprint density at radius 1 is 1.35 bits per heavy atom. The number of amides is 1. The lowest BCUT2D eigenvalue weighted by atomic mass is 10.1. The van der Waals surface area contributed by atoms with Crippen molar-refractivity contribution in [2.45, 2.75) is 12.8 Å². The van der Waals surface area contributed by atoms with Crippen LogP contribution in [0.4, 0.5) is 0 Å². The van der Waals surface area contributed by atoms with Crippen molar-refractivity contribution in [3.63, 3.8) is 0 Å². The number of benzene rings is 1. The first kappa shape index (κ1) is 12.9. The first-order valence-electron chi connectivity index (χ1n) is 6.72. The number of aromatic nitrogens is 2. The smallest absolute Gasteiger partial charge is 0.253 e. The van der Waals surface area contributed by atoms with Crippen LogP contribution in [0.2, 0.25) is 0 Å². The van der Waals surface area contributed by atoms with Crippen LogP contribution in [0, 0.1) is 5.41 Å². The number of nitrogens with one attached hydrogen (secondary N) is 1. The Balaban J connectivity index is 1.78. The van der Waals surface area contributed by atoms with Crippen LogP contribution in [0.1, 0.15) is 23.2 Å². The molecular weight excluding hydrogens is 254 g/mol. The second-order valence-electron chi connectivity index (χ2n) is 5.31. The third-order valence-electron chi connectivity index (χ3n) is 3.82. The Labute approximate surface area is 117 Å². The summed E-state index contributed by atoms with van der Waals surface area (Å²) in [6, 6.07) is 9.18. The van der Waals surface area contributed by atoms with Crippen LogP contribution in [0.25, 0.3) is 5.69 Å². The minimum atomic E-state index is -0.129. The molecule has 1 amide bonds. The number of aliphatic hydroxyl groups is 1. The topological polar surface area (TPSA) is 67.2 Å². The molecule has 5 heteroatoms. The molecule has 5 nitrogen and oxygen atoms in total. The van der Waals surface area contributed by atoms with E-state index in [0.717, 1.165) is 18.5 Å². The monoisotopic (exact) mass is 271 g/mol. The van der Waals surface area contributed by atoms with E-state index in [-0.39, 0.29) is 17.9 Å². The van der Waals surface area contributed by atoms with E-state index in [4.69, 9.17) is 0 Å². The van der Waals surface area contributed by atoms with Gasteiger partial charge in [-0.2, -0.15) is 5.10 Å². The van der Waals surface area contributed by atoms with E-state index in [1.54, 1.807) is 16.9 Å². The summed E-state index contributed by atoms with van der Waals surface area (Å²) in [4.78, 5) is 12.3. The number of carbonyl (C=O) groups excluding carboxylic acids is 1. The van der Waals surface area contributed by atoms with Crippen molar-refractivity contribution in [1.29, 1.82) is 0 Å². The molecule has 0 bridgehead atoms. The average Bonchev–Trinajstić information content (AvgIpc) is 3.07. The highest BCUT2D eigenvalue weighted by atomic mass is 16.3. The van der Waals surface area contributed by atoms with Gasteiger partial charge in [0.15, 0.2) is 0 Å². The lowest BCUT2D eigenvalue weighted by molar-refractivity contribution is 0.0935. The Kier molecular flexibility index (Phi) is 3.28. The van der Waals surface area contributed by atoms with Crippen molar-refractivity contribution in [2.24, 2.45) is 5.41 Å². The first-order valence-corrected chi connectivity index (χ1v) is 6.72. The summed E-state index contributed by atoms with van der Waals surface area (Å²) in [5.41, 5.74) is 1.25. The zero-order chi connectivity index (χ0) is 14.0. The number of hydrogen-bond donors (Lipinski definition) is 2. The molecule has 0 spiro atoms. The number of rotatable bonds is 5. The molecule has 2 aromatic rings. The molecule has 20 heavy (non-hydrogen) atoms. The Morgan fingerprint density at radius 2 is 2.15 bits per heavy atom. The van der Waals surface area contributed by atoms with Crippen molar-refractivity contribution in [2.75, 3.05) is 13.2 Å². The molecule has 0 unspecified atom stereocenters. The van der Waals surface area contributed by atoms with Gasteiger partial charge in [-0.1, -0.05) is 12.1 Å². The van der Waals surface area contributed by atoms with Gasteiger partial charge >= 0.3 is 0 Å². The number of para-hydroxylation sites is 1. The molecule has 1 heterocycles. The molecule has 1 aliphatic rings. The fourth-order valence-electron chi connectivity index (χ4n) is 2.21. The number of carbonyl (C=O) groups is 1. The molecule has 0 atom stereocenters. The van der Waals surface area contributed by atoms with Gasteiger partial charge in [-0.15, -0.1) is 0 Å². The van der Waals surface area contributed by atoms with Gasteiger partial charge in [-0.25, -0.2) is 4.68 Å². The Hall–Kier alpha value is -2.14. The SMILES string of the molecule is O=C(NCC1(CO)CC1)c1ccccc1-n1cccn1. The van der Waals surface area contributed by atoms with Crippen LogP contribution in [0.15, 0.2) is 42.7 Å². The van der Waals surface area contributed by atoms with Crippen molar-refractivity contribution in [3.05, 3.63) is 48.3 Å². The third kappa shape index (κ3) is 2.44. The van der Waals surface area contributed by atoms with Crippen LogP contribution in [0.3, 0.4) is 0 Å². The summed E-state index contributed by atoms with van der Waals surface area (Å²) in [6.45, 7) is 0.657. The van der Waals surface area contributed by atoms with Gasteiger partial charge in [-0.3, -0.25) is 4.79 Å². The molecule has 1 aliphatic carbocycles. The van der Waals surface area contributed by atoms with E-state index >= 15 is 0 Å². The molecule has 0 aliphatic heterocycles. The van der Waals surface area contributed by atoms with Gasteiger partial charge in [-0.05, 0) is 31.0 Å². The predicted molar refractivity (Wildman–Crippen MR) is 74.7 cm³/mol. The largest absolute Gasteiger partial charge is 0.396 e. The maximum absolute atomic E-state index is 12.3. The highest BCUT2D eigenvalue weighted by molar-refractivity contribution is 5.97. The van der Waals surface area contributed by atoms with Crippen LogP contribution in [-0.4, -0.2) is 33.9 Å². The molecule has 104 valence electrons. The van der Waals surface area contributed by atoms with Gasteiger partial charge in [0.1, 0.15) is 0 Å². The summed E-state index contributed by atoms with van der Waals surface area (Å²) in [5.74, 6) is -0.129. The van der Waals surface area contributed by atoms with Crippen LogP contribution >= 0.6 is 0 Å². The fraction of sp³-hybridized carbons (Fsp3) is 0.333. The van der Waals surface area contributed by atoms with Crippen molar-refractivity contribution >= 4 is 5.91 Å². The zero-order valence-corrected chi connectivity index (χ0v) is 11.1. The van der Waals surface area contributed by atoms with Crippen molar-refractivity contribution in [1.82, 2.24) is 15.1 Å². The first-order chi connectivity index (χ1) is 9.74. The fourth-order valence-corrected chi connectivity index (χ4v) is 2.21. The zero-order valence-electron chi connectivity index (χ0n) is 11.1. The van der Waals surface area contributed by atoms with E-state index in [1.807, 2.05) is 30.5 Å². The molecule has 3 rings (SSSR count). The van der Waals surface area contributed by atoms with Gasteiger partial charge in [0.25, 0.3) is 5.91 Å². The summed E-state index contributed by atoms with van der Waals surface area (Å²) in [6.07, 6.45) is 5.44. The minimum absolute atomic E-state index is 0.0870. The highest BCUT2D eigenvalue weighted by Gasteiger charge is 2.42. The second kappa shape index (κ2) is 5.09. The molecule has 2 N–H and O–H groups in total. The maximum atomic E-state index is 12.3. The standard InChI is InChI=1S/C15H17N3O2/c19-11-15(6-7-15)10-16-14(20)12-4-1-2-5-13(12)18-9-3-8-17-18/h1-5,8-9,19H,6-7,10-11H2,(H,16,20). The minimum Gasteiger partial charge on any atom is -0.396 e. The normalized spacial score (nSPS) is 15.8. The third-order valence-corrected chi connectivity index (χ3v) is 3.82. The molecule has 1 aromatic carbocycles. The highest BCUT2D eigenvalue weighted by Crippen LogP contribution is 2.44. The quantitative estimate of drug-likeness (QED) is 0.863. The molecule has 0 radical (unpaired) electrons.